The van der Waals surface area contributed by atoms with E-state index in [9.17, 15) is 14.7 Å². The third-order valence-corrected chi connectivity index (χ3v) is 3.43. The predicted molar refractivity (Wildman–Crippen MR) is 66.1 cm³/mol. The van der Waals surface area contributed by atoms with Gasteiger partial charge < -0.3 is 19.3 Å². The topological polar surface area (TPSA) is 103 Å². The van der Waals surface area contributed by atoms with Crippen molar-refractivity contribution < 1.29 is 19.3 Å². The number of nitrogens with zero attached hydrogens (tertiary/aromatic N) is 1. The molecule has 0 aliphatic carbocycles. The predicted octanol–water partition coefficient (Wildman–Crippen LogP) is -1.05. The molecule has 0 bridgehead atoms. The smallest absolute Gasteiger partial charge is 0.330 e. The third kappa shape index (κ3) is 2.10. The molecule has 110 valence electrons. The van der Waals surface area contributed by atoms with Crippen LogP contribution >= 0.6 is 0 Å². The number of nitrogens with one attached hydrogen (secondary N) is 1. The van der Waals surface area contributed by atoms with Crippen molar-refractivity contribution in [3.05, 3.63) is 33.1 Å². The average molecular weight is 284 g/mol. The van der Waals surface area contributed by atoms with Crippen molar-refractivity contribution in [1.29, 1.82) is 0 Å². The van der Waals surface area contributed by atoms with Gasteiger partial charge in [-0.2, -0.15) is 0 Å². The summed E-state index contributed by atoms with van der Waals surface area (Å²) in [5.41, 5.74) is -1.07. The normalized spacial score (nSPS) is 35.1. The van der Waals surface area contributed by atoms with Crippen molar-refractivity contribution in [2.75, 3.05) is 6.61 Å². The molecule has 1 aromatic rings. The van der Waals surface area contributed by atoms with Gasteiger partial charge in [0.2, 0.25) is 0 Å². The molecular formula is C12H16N2O6. The van der Waals surface area contributed by atoms with Crippen LogP contribution in [-0.4, -0.2) is 45.4 Å². The van der Waals surface area contributed by atoms with Gasteiger partial charge in [0.15, 0.2) is 12.0 Å². The van der Waals surface area contributed by atoms with E-state index in [4.69, 9.17) is 14.2 Å². The summed E-state index contributed by atoms with van der Waals surface area (Å²) >= 11 is 0. The summed E-state index contributed by atoms with van der Waals surface area (Å²) in [5.74, 6) is -0.809. The first-order chi connectivity index (χ1) is 9.41. The molecule has 2 N–H and O–H groups in total. The van der Waals surface area contributed by atoms with E-state index in [0.29, 0.717) is 0 Å². The quantitative estimate of drug-likeness (QED) is 0.718. The highest BCUT2D eigenvalue weighted by Crippen LogP contribution is 2.42. The Balaban J connectivity index is 1.98. The second-order valence-corrected chi connectivity index (χ2v) is 5.33. The number of H-pyrrole nitrogens is 1. The number of aromatic nitrogens is 2. The van der Waals surface area contributed by atoms with Crippen LogP contribution in [0, 0.1) is 0 Å². The molecule has 4 atom stereocenters. The molecule has 0 spiro atoms. The van der Waals surface area contributed by atoms with E-state index in [1.807, 2.05) is 0 Å². The first-order valence-electron chi connectivity index (χ1n) is 6.35. The number of hydrogen-bond donors (Lipinski definition) is 2. The van der Waals surface area contributed by atoms with Gasteiger partial charge in [0.1, 0.15) is 18.3 Å². The zero-order valence-electron chi connectivity index (χ0n) is 11.1. The molecule has 2 saturated heterocycles. The molecule has 0 amide bonds. The van der Waals surface area contributed by atoms with E-state index in [1.54, 1.807) is 13.8 Å². The Bertz CT molecular complexity index is 621. The fraction of sp³-hybridized carbons (Fsp3) is 0.667. The van der Waals surface area contributed by atoms with Gasteiger partial charge in [-0.3, -0.25) is 14.3 Å². The van der Waals surface area contributed by atoms with Gasteiger partial charge in [0.25, 0.3) is 5.56 Å². The van der Waals surface area contributed by atoms with E-state index in [1.165, 1.54) is 16.8 Å². The second-order valence-electron chi connectivity index (χ2n) is 5.33. The Morgan fingerprint density at radius 3 is 2.70 bits per heavy atom. The Labute approximate surface area is 113 Å². The lowest BCUT2D eigenvalue weighted by Gasteiger charge is -2.24. The summed E-state index contributed by atoms with van der Waals surface area (Å²) in [4.78, 5) is 25.1. The number of aliphatic hydroxyl groups is 1. The maximum atomic E-state index is 11.8. The molecule has 2 aliphatic heterocycles. The second kappa shape index (κ2) is 4.52. The average Bonchev–Trinajstić information content (AvgIpc) is 2.83. The van der Waals surface area contributed by atoms with Crippen LogP contribution in [0.1, 0.15) is 20.1 Å². The monoisotopic (exact) mass is 284 g/mol. The van der Waals surface area contributed by atoms with Crippen LogP contribution in [0.25, 0.3) is 0 Å². The number of hydrogen-bond acceptors (Lipinski definition) is 6. The molecule has 8 nitrogen and oxygen atoms in total. The zero-order chi connectivity index (χ0) is 14.5. The van der Waals surface area contributed by atoms with Crippen LogP contribution in [0.2, 0.25) is 0 Å². The number of fused-ring (bicyclic) bond motifs is 1. The number of ether oxygens (including phenoxy) is 3. The Hall–Kier alpha value is -1.48. The van der Waals surface area contributed by atoms with Gasteiger partial charge in [-0.25, -0.2) is 4.79 Å². The summed E-state index contributed by atoms with van der Waals surface area (Å²) in [6.45, 7) is 3.27. The highest BCUT2D eigenvalue weighted by molar-refractivity contribution is 4.98. The molecule has 20 heavy (non-hydrogen) atoms. The lowest BCUT2D eigenvalue weighted by molar-refractivity contribution is -0.200. The van der Waals surface area contributed by atoms with E-state index in [2.05, 4.69) is 4.98 Å². The van der Waals surface area contributed by atoms with Crippen molar-refractivity contribution in [2.45, 2.75) is 44.2 Å². The van der Waals surface area contributed by atoms with E-state index >= 15 is 0 Å². The minimum Gasteiger partial charge on any atom is -0.394 e. The van der Waals surface area contributed by atoms with E-state index < -0.39 is 41.6 Å². The molecule has 2 fully saturated rings. The van der Waals surface area contributed by atoms with Crippen molar-refractivity contribution in [2.24, 2.45) is 0 Å². The van der Waals surface area contributed by atoms with Crippen molar-refractivity contribution in [3.8, 4) is 0 Å². The van der Waals surface area contributed by atoms with Crippen molar-refractivity contribution in [1.82, 2.24) is 9.55 Å². The minimum atomic E-state index is -0.809. The largest absolute Gasteiger partial charge is 0.394 e. The van der Waals surface area contributed by atoms with E-state index in [-0.39, 0.29) is 6.61 Å². The lowest BCUT2D eigenvalue weighted by Crippen LogP contribution is -2.37. The fourth-order valence-corrected chi connectivity index (χ4v) is 2.66. The number of aromatic amines is 1. The Morgan fingerprint density at radius 2 is 2.05 bits per heavy atom. The van der Waals surface area contributed by atoms with Gasteiger partial charge in [-0.05, 0) is 13.8 Å². The van der Waals surface area contributed by atoms with Gasteiger partial charge in [-0.15, -0.1) is 0 Å². The van der Waals surface area contributed by atoms with Gasteiger partial charge in [0.05, 0.1) is 6.61 Å². The van der Waals surface area contributed by atoms with Crippen molar-refractivity contribution >= 4 is 0 Å². The summed E-state index contributed by atoms with van der Waals surface area (Å²) < 4.78 is 18.3. The maximum absolute atomic E-state index is 11.8. The standard InChI is InChI=1S/C12H16N2O6/c1-12(2)19-8-6(5-15)18-10(9(8)20-12)14-4-3-7(16)13-11(14)17/h3-4,6,8-10,15H,5H2,1-2H3,(H,13,16,17)/t6-,8+,9-,10+/m1/s1. The van der Waals surface area contributed by atoms with Gasteiger partial charge in [0, 0.05) is 12.3 Å². The molecule has 3 heterocycles. The molecule has 0 saturated carbocycles. The van der Waals surface area contributed by atoms with Gasteiger partial charge >= 0.3 is 5.69 Å². The highest BCUT2D eigenvalue weighted by atomic mass is 16.8. The van der Waals surface area contributed by atoms with E-state index in [0.717, 1.165) is 0 Å². The fourth-order valence-electron chi connectivity index (χ4n) is 2.66. The summed E-state index contributed by atoms with van der Waals surface area (Å²) in [6, 6.07) is 1.23. The van der Waals surface area contributed by atoms with Crippen LogP contribution in [-0.2, 0) is 14.2 Å². The molecule has 3 rings (SSSR count). The van der Waals surface area contributed by atoms with Crippen molar-refractivity contribution in [3.63, 3.8) is 0 Å². The first-order valence-corrected chi connectivity index (χ1v) is 6.35. The van der Waals surface area contributed by atoms with Crippen LogP contribution < -0.4 is 11.2 Å². The Morgan fingerprint density at radius 1 is 1.35 bits per heavy atom. The minimum absolute atomic E-state index is 0.241. The molecule has 0 unspecified atom stereocenters. The van der Waals surface area contributed by atoms with Crippen LogP contribution in [0.5, 0.6) is 0 Å². The molecule has 2 aliphatic rings. The molecule has 8 heteroatoms. The van der Waals surface area contributed by atoms with Crippen LogP contribution in [0.3, 0.4) is 0 Å². The first kappa shape index (κ1) is 13.5. The molecule has 1 aromatic heterocycles. The van der Waals surface area contributed by atoms with Crippen LogP contribution in [0.15, 0.2) is 21.9 Å². The third-order valence-electron chi connectivity index (χ3n) is 3.43. The maximum Gasteiger partial charge on any atom is 0.330 e. The molecule has 0 radical (unpaired) electrons. The number of aliphatic hydroxyl groups excluding tert-OH is 1. The zero-order valence-corrected chi connectivity index (χ0v) is 11.1. The highest BCUT2D eigenvalue weighted by Gasteiger charge is 2.55. The SMILES string of the molecule is CC1(C)O[C@@H]2[C@@H](O1)[C@@H](n1ccc(=O)[nH]c1=O)O[C@@H]2CO. The lowest BCUT2D eigenvalue weighted by atomic mass is 10.1. The summed E-state index contributed by atoms with van der Waals surface area (Å²) in [5, 5.41) is 9.36. The van der Waals surface area contributed by atoms with Crippen LogP contribution in [0.4, 0.5) is 0 Å². The molecular weight excluding hydrogens is 268 g/mol. The number of rotatable bonds is 2. The molecule has 0 aromatic carbocycles. The Kier molecular flexibility index (Phi) is 3.05. The van der Waals surface area contributed by atoms with Gasteiger partial charge in [-0.1, -0.05) is 0 Å². The summed E-state index contributed by atoms with van der Waals surface area (Å²) in [7, 11) is 0. The summed E-state index contributed by atoms with van der Waals surface area (Å²) in [6.07, 6.45) is -0.962.